The van der Waals surface area contributed by atoms with Crippen molar-refractivity contribution in [2.75, 3.05) is 6.61 Å². The Morgan fingerprint density at radius 2 is 2.30 bits per heavy atom. The lowest BCUT2D eigenvalue weighted by molar-refractivity contribution is 0.257. The molecule has 1 aromatic carbocycles. The minimum absolute atomic E-state index is 0.0852. The molecule has 6 heteroatoms. The summed E-state index contributed by atoms with van der Waals surface area (Å²) in [6, 6.07) is 7.01. The number of nitrogens with zero attached hydrogens (tertiary/aromatic N) is 2. The molecule has 1 aromatic heterocycles. The van der Waals surface area contributed by atoms with Crippen LogP contribution in [0, 0.1) is 11.3 Å². The van der Waals surface area contributed by atoms with E-state index in [1.54, 1.807) is 29.9 Å². The summed E-state index contributed by atoms with van der Waals surface area (Å²) in [5, 5.41) is 19.0. The van der Waals surface area contributed by atoms with Crippen molar-refractivity contribution in [2.24, 2.45) is 5.73 Å². The normalized spacial score (nSPS) is 13.7. The third kappa shape index (κ3) is 3.35. The maximum absolute atomic E-state index is 9.26. The molecular weight excluding hydrogens is 294 g/mol. The van der Waals surface area contributed by atoms with E-state index in [0.717, 1.165) is 10.4 Å². The SMILES string of the molecule is N#Cc1ccc(Cl)cc1[C@@H](C[C@H](N)CO)c1cncs1. The van der Waals surface area contributed by atoms with Gasteiger partial charge in [-0.25, -0.2) is 0 Å². The minimum atomic E-state index is -0.354. The van der Waals surface area contributed by atoms with Crippen LogP contribution in [0.3, 0.4) is 0 Å². The van der Waals surface area contributed by atoms with Gasteiger partial charge >= 0.3 is 0 Å². The van der Waals surface area contributed by atoms with Crippen LogP contribution in [0.15, 0.2) is 29.9 Å². The van der Waals surface area contributed by atoms with Gasteiger partial charge in [0.2, 0.25) is 0 Å². The van der Waals surface area contributed by atoms with Crippen LogP contribution in [-0.4, -0.2) is 22.7 Å². The number of aliphatic hydroxyl groups is 1. The zero-order chi connectivity index (χ0) is 14.5. The number of halogens is 1. The highest BCUT2D eigenvalue weighted by Crippen LogP contribution is 2.34. The van der Waals surface area contributed by atoms with Crippen molar-refractivity contribution in [3.8, 4) is 6.07 Å². The summed E-state index contributed by atoms with van der Waals surface area (Å²) in [6.07, 6.45) is 2.30. The fourth-order valence-corrected chi connectivity index (χ4v) is 3.03. The molecule has 0 saturated heterocycles. The van der Waals surface area contributed by atoms with E-state index in [1.807, 2.05) is 0 Å². The summed E-state index contributed by atoms with van der Waals surface area (Å²) in [5.74, 6) is -0.0852. The number of hydrogen-bond acceptors (Lipinski definition) is 5. The third-order valence-corrected chi connectivity index (χ3v) is 4.20. The van der Waals surface area contributed by atoms with Crippen molar-refractivity contribution in [1.82, 2.24) is 4.98 Å². The Morgan fingerprint density at radius 1 is 1.50 bits per heavy atom. The molecule has 2 rings (SSSR count). The standard InChI is InChI=1S/C14H14ClN3OS/c15-10-2-1-9(5-16)12(3-10)13(4-11(17)7-19)14-6-18-8-20-14/h1-3,6,8,11,13,19H,4,7,17H2/t11-,13+/m0/s1. The highest BCUT2D eigenvalue weighted by molar-refractivity contribution is 7.09. The highest BCUT2D eigenvalue weighted by Gasteiger charge is 2.22. The predicted octanol–water partition coefficient (Wildman–Crippen LogP) is 2.51. The summed E-state index contributed by atoms with van der Waals surface area (Å²) in [5.41, 5.74) is 9.00. The fraction of sp³-hybridized carbons (Fsp3) is 0.286. The van der Waals surface area contributed by atoms with Crippen LogP contribution in [0.5, 0.6) is 0 Å². The Morgan fingerprint density at radius 3 is 2.90 bits per heavy atom. The van der Waals surface area contributed by atoms with Crippen LogP contribution in [-0.2, 0) is 0 Å². The number of hydrogen-bond donors (Lipinski definition) is 2. The van der Waals surface area contributed by atoms with Crippen molar-refractivity contribution in [3.63, 3.8) is 0 Å². The topological polar surface area (TPSA) is 82.9 Å². The summed E-state index contributed by atoms with van der Waals surface area (Å²) >= 11 is 7.55. The number of nitriles is 1. The molecule has 3 N–H and O–H groups in total. The molecule has 104 valence electrons. The molecule has 2 aromatic rings. The second kappa shape index (κ2) is 6.82. The predicted molar refractivity (Wildman–Crippen MR) is 79.8 cm³/mol. The molecule has 0 aliphatic heterocycles. The number of aromatic nitrogens is 1. The van der Waals surface area contributed by atoms with Crippen LogP contribution < -0.4 is 5.73 Å². The van der Waals surface area contributed by atoms with E-state index < -0.39 is 0 Å². The molecule has 0 spiro atoms. The Bertz CT molecular complexity index is 609. The van der Waals surface area contributed by atoms with Crippen LogP contribution in [0.2, 0.25) is 5.02 Å². The fourth-order valence-electron chi connectivity index (χ4n) is 2.10. The zero-order valence-electron chi connectivity index (χ0n) is 10.7. The van der Waals surface area contributed by atoms with E-state index in [2.05, 4.69) is 11.1 Å². The lowest BCUT2D eigenvalue weighted by Crippen LogP contribution is -2.27. The first kappa shape index (κ1) is 14.9. The number of rotatable bonds is 5. The van der Waals surface area contributed by atoms with Gasteiger partial charge in [0.1, 0.15) is 0 Å². The monoisotopic (exact) mass is 307 g/mol. The minimum Gasteiger partial charge on any atom is -0.395 e. The molecule has 4 nitrogen and oxygen atoms in total. The summed E-state index contributed by atoms with van der Waals surface area (Å²) in [4.78, 5) is 5.09. The van der Waals surface area contributed by atoms with Crippen LogP contribution in [0.1, 0.15) is 28.3 Å². The molecule has 20 heavy (non-hydrogen) atoms. The molecule has 0 aliphatic rings. The van der Waals surface area contributed by atoms with Crippen LogP contribution >= 0.6 is 22.9 Å². The Balaban J connectivity index is 2.46. The first-order valence-corrected chi connectivity index (χ1v) is 7.35. The molecule has 0 fully saturated rings. The molecule has 2 atom stereocenters. The molecule has 1 heterocycles. The van der Waals surface area contributed by atoms with Gasteiger partial charge in [0, 0.05) is 28.1 Å². The van der Waals surface area contributed by atoms with Gasteiger partial charge in [-0.2, -0.15) is 5.26 Å². The van der Waals surface area contributed by atoms with Crippen molar-refractivity contribution in [3.05, 3.63) is 50.9 Å². The van der Waals surface area contributed by atoms with Gasteiger partial charge in [0.05, 0.1) is 23.8 Å². The van der Waals surface area contributed by atoms with Crippen LogP contribution in [0.25, 0.3) is 0 Å². The highest BCUT2D eigenvalue weighted by atomic mass is 35.5. The number of benzene rings is 1. The van der Waals surface area contributed by atoms with Gasteiger partial charge in [0.15, 0.2) is 0 Å². The van der Waals surface area contributed by atoms with Gasteiger partial charge in [-0.15, -0.1) is 11.3 Å². The van der Waals surface area contributed by atoms with E-state index in [4.69, 9.17) is 17.3 Å². The van der Waals surface area contributed by atoms with Gasteiger partial charge < -0.3 is 10.8 Å². The van der Waals surface area contributed by atoms with Crippen molar-refractivity contribution < 1.29 is 5.11 Å². The second-order valence-corrected chi connectivity index (χ2v) is 5.83. The largest absolute Gasteiger partial charge is 0.395 e. The van der Waals surface area contributed by atoms with E-state index >= 15 is 0 Å². The number of nitrogens with two attached hydrogens (primary N) is 1. The van der Waals surface area contributed by atoms with E-state index in [0.29, 0.717) is 17.0 Å². The molecule has 0 amide bonds. The van der Waals surface area contributed by atoms with Crippen molar-refractivity contribution in [2.45, 2.75) is 18.4 Å². The molecule has 0 bridgehead atoms. The maximum Gasteiger partial charge on any atom is 0.0994 e. The molecule has 0 radical (unpaired) electrons. The summed E-state index contributed by atoms with van der Waals surface area (Å²) in [7, 11) is 0. The lowest BCUT2D eigenvalue weighted by atomic mass is 9.88. The van der Waals surface area contributed by atoms with Gasteiger partial charge in [-0.05, 0) is 30.2 Å². The third-order valence-electron chi connectivity index (χ3n) is 3.08. The Kier molecular flexibility index (Phi) is 5.10. The number of thiazole rings is 1. The smallest absolute Gasteiger partial charge is 0.0994 e. The van der Waals surface area contributed by atoms with E-state index in [-0.39, 0.29) is 18.6 Å². The first-order valence-electron chi connectivity index (χ1n) is 6.10. The van der Waals surface area contributed by atoms with Gasteiger partial charge in [0.25, 0.3) is 0 Å². The second-order valence-electron chi connectivity index (χ2n) is 4.48. The number of aliphatic hydroxyl groups excluding tert-OH is 1. The molecule has 0 saturated carbocycles. The molecule has 0 unspecified atom stereocenters. The van der Waals surface area contributed by atoms with E-state index in [9.17, 15) is 10.4 Å². The summed E-state index contributed by atoms with van der Waals surface area (Å²) in [6.45, 7) is -0.0994. The average Bonchev–Trinajstić information content (AvgIpc) is 2.98. The summed E-state index contributed by atoms with van der Waals surface area (Å²) < 4.78 is 0. The maximum atomic E-state index is 9.26. The molecular formula is C14H14ClN3OS. The Hall–Kier alpha value is -1.45. The van der Waals surface area contributed by atoms with Crippen molar-refractivity contribution >= 4 is 22.9 Å². The quantitative estimate of drug-likeness (QED) is 0.889. The molecule has 0 aliphatic carbocycles. The first-order chi connectivity index (χ1) is 9.65. The van der Waals surface area contributed by atoms with E-state index in [1.165, 1.54) is 11.3 Å². The van der Waals surface area contributed by atoms with Gasteiger partial charge in [-0.1, -0.05) is 11.6 Å². The van der Waals surface area contributed by atoms with Crippen molar-refractivity contribution in [1.29, 1.82) is 5.26 Å². The van der Waals surface area contributed by atoms with Gasteiger partial charge in [-0.3, -0.25) is 4.98 Å². The Labute approximate surface area is 126 Å². The zero-order valence-corrected chi connectivity index (χ0v) is 12.2. The lowest BCUT2D eigenvalue weighted by Gasteiger charge is -2.20. The van der Waals surface area contributed by atoms with Crippen LogP contribution in [0.4, 0.5) is 0 Å². The average molecular weight is 308 g/mol.